The van der Waals surface area contributed by atoms with E-state index in [-0.39, 0.29) is 24.2 Å². The van der Waals surface area contributed by atoms with Crippen molar-refractivity contribution in [3.05, 3.63) is 35.9 Å². The molecule has 1 aliphatic rings. The van der Waals surface area contributed by atoms with Crippen LogP contribution in [-0.2, 0) is 9.53 Å². The smallest absolute Gasteiger partial charge is 0.237 e. The average Bonchev–Trinajstić information content (AvgIpc) is 2.51. The summed E-state index contributed by atoms with van der Waals surface area (Å²) in [6, 6.07) is 10.2. The Labute approximate surface area is 133 Å². The summed E-state index contributed by atoms with van der Waals surface area (Å²) in [6.07, 6.45) is 0.365. The minimum absolute atomic E-state index is 0.101. The standard InChI is InChI=1S/C18H28N2O2/c1-13(17-8-6-5-7-9-17)10-19-18(21)16(4)20-11-14(2)22-15(3)12-20/h5-9,13-16H,10-12H2,1-4H3,(H,19,21)/t13-,14-,15+,16-/m0/s1. The zero-order chi connectivity index (χ0) is 16.1. The molecule has 0 aromatic heterocycles. The van der Waals surface area contributed by atoms with Crippen LogP contribution in [0.4, 0.5) is 0 Å². The van der Waals surface area contributed by atoms with Crippen molar-refractivity contribution in [1.82, 2.24) is 10.2 Å². The van der Waals surface area contributed by atoms with Crippen LogP contribution in [0.5, 0.6) is 0 Å². The van der Waals surface area contributed by atoms with Crippen LogP contribution in [0.3, 0.4) is 0 Å². The lowest BCUT2D eigenvalue weighted by Gasteiger charge is -2.38. The molecule has 0 bridgehead atoms. The predicted octanol–water partition coefficient (Wildman–Crippen LogP) is 2.40. The van der Waals surface area contributed by atoms with Gasteiger partial charge in [0.2, 0.25) is 5.91 Å². The molecule has 1 aliphatic heterocycles. The van der Waals surface area contributed by atoms with Gasteiger partial charge in [-0.2, -0.15) is 0 Å². The predicted molar refractivity (Wildman–Crippen MR) is 88.9 cm³/mol. The first kappa shape index (κ1) is 17.0. The van der Waals surface area contributed by atoms with Crippen LogP contribution in [0.1, 0.15) is 39.2 Å². The number of ether oxygens (including phenoxy) is 1. The Morgan fingerprint density at radius 3 is 2.41 bits per heavy atom. The highest BCUT2D eigenvalue weighted by molar-refractivity contribution is 5.81. The van der Waals surface area contributed by atoms with E-state index in [0.29, 0.717) is 12.5 Å². The molecule has 0 unspecified atom stereocenters. The monoisotopic (exact) mass is 304 g/mol. The Kier molecular flexibility index (Phi) is 5.98. The summed E-state index contributed by atoms with van der Waals surface area (Å²) in [4.78, 5) is 14.6. The summed E-state index contributed by atoms with van der Waals surface area (Å²) in [5.41, 5.74) is 1.25. The van der Waals surface area contributed by atoms with Crippen molar-refractivity contribution < 1.29 is 9.53 Å². The summed E-state index contributed by atoms with van der Waals surface area (Å²) < 4.78 is 5.73. The van der Waals surface area contributed by atoms with Gasteiger partial charge in [-0.15, -0.1) is 0 Å². The van der Waals surface area contributed by atoms with Gasteiger partial charge in [-0.05, 0) is 32.3 Å². The van der Waals surface area contributed by atoms with E-state index in [1.807, 2.05) is 25.1 Å². The maximum Gasteiger partial charge on any atom is 0.237 e. The van der Waals surface area contributed by atoms with E-state index in [0.717, 1.165) is 13.1 Å². The van der Waals surface area contributed by atoms with Gasteiger partial charge in [-0.25, -0.2) is 0 Å². The average molecular weight is 304 g/mol. The largest absolute Gasteiger partial charge is 0.373 e. The van der Waals surface area contributed by atoms with E-state index in [1.165, 1.54) is 5.56 Å². The van der Waals surface area contributed by atoms with Gasteiger partial charge in [0.15, 0.2) is 0 Å². The van der Waals surface area contributed by atoms with Crippen LogP contribution < -0.4 is 5.32 Å². The number of hydrogen-bond donors (Lipinski definition) is 1. The first-order valence-electron chi connectivity index (χ1n) is 8.19. The van der Waals surface area contributed by atoms with Gasteiger partial charge < -0.3 is 10.1 Å². The fraction of sp³-hybridized carbons (Fsp3) is 0.611. The molecule has 0 aliphatic carbocycles. The topological polar surface area (TPSA) is 41.6 Å². The molecule has 0 radical (unpaired) electrons. The van der Waals surface area contributed by atoms with Crippen molar-refractivity contribution in [2.45, 2.75) is 51.9 Å². The minimum Gasteiger partial charge on any atom is -0.373 e. The molecule has 22 heavy (non-hydrogen) atoms. The minimum atomic E-state index is -0.114. The molecule has 1 aromatic rings. The molecular formula is C18H28N2O2. The van der Waals surface area contributed by atoms with E-state index in [9.17, 15) is 4.79 Å². The van der Waals surface area contributed by atoms with Crippen LogP contribution in [0.15, 0.2) is 30.3 Å². The molecule has 1 amide bonds. The molecule has 4 heteroatoms. The van der Waals surface area contributed by atoms with Gasteiger partial charge in [0.1, 0.15) is 0 Å². The van der Waals surface area contributed by atoms with Crippen molar-refractivity contribution in [3.63, 3.8) is 0 Å². The van der Waals surface area contributed by atoms with E-state index in [4.69, 9.17) is 4.74 Å². The number of morpholine rings is 1. The summed E-state index contributed by atoms with van der Waals surface area (Å²) in [5, 5.41) is 3.09. The lowest BCUT2D eigenvalue weighted by atomic mass is 10.0. The molecule has 1 aromatic carbocycles. The second kappa shape index (κ2) is 7.75. The quantitative estimate of drug-likeness (QED) is 0.908. The first-order chi connectivity index (χ1) is 10.5. The number of amides is 1. The molecule has 122 valence electrons. The van der Waals surface area contributed by atoms with Crippen molar-refractivity contribution in [2.24, 2.45) is 0 Å². The maximum absolute atomic E-state index is 12.4. The number of nitrogens with zero attached hydrogens (tertiary/aromatic N) is 1. The maximum atomic E-state index is 12.4. The highest BCUT2D eigenvalue weighted by Crippen LogP contribution is 2.15. The van der Waals surface area contributed by atoms with E-state index < -0.39 is 0 Å². The Morgan fingerprint density at radius 1 is 1.23 bits per heavy atom. The summed E-state index contributed by atoms with van der Waals surface area (Å²) in [7, 11) is 0. The molecule has 1 heterocycles. The molecule has 0 spiro atoms. The molecule has 4 nitrogen and oxygen atoms in total. The van der Waals surface area contributed by atoms with Crippen molar-refractivity contribution in [2.75, 3.05) is 19.6 Å². The summed E-state index contributed by atoms with van der Waals surface area (Å²) in [6.45, 7) is 10.5. The number of carbonyl (C=O) groups excluding carboxylic acids is 1. The third kappa shape index (κ3) is 4.55. The molecule has 0 saturated carbocycles. The van der Waals surface area contributed by atoms with Crippen LogP contribution in [0, 0.1) is 0 Å². The second-order valence-electron chi connectivity index (χ2n) is 6.44. The number of benzene rings is 1. The van der Waals surface area contributed by atoms with Crippen LogP contribution in [0.25, 0.3) is 0 Å². The van der Waals surface area contributed by atoms with Gasteiger partial charge in [-0.3, -0.25) is 9.69 Å². The first-order valence-corrected chi connectivity index (χ1v) is 8.19. The molecule has 1 saturated heterocycles. The van der Waals surface area contributed by atoms with Crippen molar-refractivity contribution >= 4 is 5.91 Å². The number of rotatable bonds is 5. The Bertz CT molecular complexity index is 467. The third-order valence-electron chi connectivity index (χ3n) is 4.33. The zero-order valence-electron chi connectivity index (χ0n) is 14.1. The van der Waals surface area contributed by atoms with Gasteiger partial charge in [0.25, 0.3) is 0 Å². The second-order valence-corrected chi connectivity index (χ2v) is 6.44. The lowest BCUT2D eigenvalue weighted by Crippen LogP contribution is -2.54. The third-order valence-corrected chi connectivity index (χ3v) is 4.33. The fourth-order valence-electron chi connectivity index (χ4n) is 3.00. The zero-order valence-corrected chi connectivity index (χ0v) is 14.1. The molecule has 2 rings (SSSR count). The van der Waals surface area contributed by atoms with Gasteiger partial charge in [0.05, 0.1) is 18.2 Å². The van der Waals surface area contributed by atoms with E-state index >= 15 is 0 Å². The van der Waals surface area contributed by atoms with Gasteiger partial charge >= 0.3 is 0 Å². The molecule has 1 N–H and O–H groups in total. The van der Waals surface area contributed by atoms with Crippen molar-refractivity contribution in [1.29, 1.82) is 0 Å². The lowest BCUT2D eigenvalue weighted by molar-refractivity contribution is -0.131. The highest BCUT2D eigenvalue weighted by Gasteiger charge is 2.29. The number of hydrogen-bond acceptors (Lipinski definition) is 3. The fourth-order valence-corrected chi connectivity index (χ4v) is 3.00. The number of nitrogens with one attached hydrogen (secondary N) is 1. The summed E-state index contributed by atoms with van der Waals surface area (Å²) in [5.74, 6) is 0.420. The number of carbonyl (C=O) groups is 1. The SMILES string of the molecule is C[C@@H]1CN([C@@H](C)C(=O)NC[C@H](C)c2ccccc2)C[C@H](C)O1. The van der Waals surface area contributed by atoms with Gasteiger partial charge in [0, 0.05) is 19.6 Å². The summed E-state index contributed by atoms with van der Waals surface area (Å²) >= 11 is 0. The van der Waals surface area contributed by atoms with E-state index in [1.54, 1.807) is 0 Å². The normalized spacial score (nSPS) is 25.5. The Balaban J connectivity index is 1.84. The molecule has 4 atom stereocenters. The molecular weight excluding hydrogens is 276 g/mol. The Morgan fingerprint density at radius 2 is 1.82 bits per heavy atom. The highest BCUT2D eigenvalue weighted by atomic mass is 16.5. The Hall–Kier alpha value is -1.39. The molecule has 1 fully saturated rings. The van der Waals surface area contributed by atoms with Crippen molar-refractivity contribution in [3.8, 4) is 0 Å². The van der Waals surface area contributed by atoms with Crippen LogP contribution in [0.2, 0.25) is 0 Å². The van der Waals surface area contributed by atoms with Crippen LogP contribution >= 0.6 is 0 Å². The van der Waals surface area contributed by atoms with Gasteiger partial charge in [-0.1, -0.05) is 37.3 Å². The van der Waals surface area contributed by atoms with E-state index in [2.05, 4.69) is 43.1 Å². The van der Waals surface area contributed by atoms with Crippen LogP contribution in [-0.4, -0.2) is 48.7 Å².